The molecule has 0 saturated carbocycles. The second kappa shape index (κ2) is 5.54. The van der Waals surface area contributed by atoms with E-state index in [1.54, 1.807) is 19.1 Å². The number of fused-ring (bicyclic) bond motifs is 1. The maximum Gasteiger partial charge on any atom is 0.257 e. The maximum absolute atomic E-state index is 13.5. The first-order valence-electron chi connectivity index (χ1n) is 6.84. The highest BCUT2D eigenvalue weighted by molar-refractivity contribution is 7.15. The van der Waals surface area contributed by atoms with E-state index in [1.165, 1.54) is 17.4 Å². The number of thiazole rings is 1. The van der Waals surface area contributed by atoms with Gasteiger partial charge in [0.1, 0.15) is 5.82 Å². The van der Waals surface area contributed by atoms with Crippen LogP contribution in [0, 0.1) is 12.7 Å². The highest BCUT2D eigenvalue weighted by Gasteiger charge is 2.21. The van der Waals surface area contributed by atoms with Crippen molar-refractivity contribution in [2.24, 2.45) is 5.73 Å². The molecule has 0 fully saturated rings. The lowest BCUT2D eigenvalue weighted by atomic mass is 9.99. The number of aromatic nitrogens is 1. The third-order valence-corrected chi connectivity index (χ3v) is 4.67. The molecule has 1 aromatic carbocycles. The minimum absolute atomic E-state index is 0.174. The first kappa shape index (κ1) is 14.2. The Morgan fingerprint density at radius 2 is 2.33 bits per heavy atom. The summed E-state index contributed by atoms with van der Waals surface area (Å²) >= 11 is 1.45. The Morgan fingerprint density at radius 3 is 3.10 bits per heavy atom. The van der Waals surface area contributed by atoms with E-state index in [9.17, 15) is 9.18 Å². The minimum atomic E-state index is -0.382. The van der Waals surface area contributed by atoms with Gasteiger partial charge in [-0.05, 0) is 43.9 Å². The standard InChI is InChI=1S/C15H16FN3OS/c1-8-2-3-9(6-11(8)16)14(20)19-15-18-12-5-4-10(17)7-13(12)21-15/h2-3,6,10H,4-5,7,17H2,1H3,(H,18,19,20)/t10-/m0/s1. The topological polar surface area (TPSA) is 68.0 Å². The molecule has 0 spiro atoms. The molecule has 0 unspecified atom stereocenters. The molecule has 1 atom stereocenters. The van der Waals surface area contributed by atoms with Gasteiger partial charge in [0, 0.05) is 16.5 Å². The molecule has 1 heterocycles. The summed E-state index contributed by atoms with van der Waals surface area (Å²) in [6, 6.07) is 4.62. The fourth-order valence-electron chi connectivity index (χ4n) is 2.36. The van der Waals surface area contributed by atoms with Gasteiger partial charge < -0.3 is 5.73 Å². The van der Waals surface area contributed by atoms with Crippen molar-refractivity contribution in [2.45, 2.75) is 32.2 Å². The lowest BCUT2D eigenvalue weighted by molar-refractivity contribution is 0.102. The number of carbonyl (C=O) groups is 1. The SMILES string of the molecule is Cc1ccc(C(=O)Nc2nc3c(s2)C[C@@H](N)CC3)cc1F. The quantitative estimate of drug-likeness (QED) is 0.896. The van der Waals surface area contributed by atoms with Crippen molar-refractivity contribution in [1.29, 1.82) is 0 Å². The Labute approximate surface area is 126 Å². The number of hydrogen-bond donors (Lipinski definition) is 2. The zero-order valence-corrected chi connectivity index (χ0v) is 12.5. The molecule has 3 N–H and O–H groups in total. The van der Waals surface area contributed by atoms with Gasteiger partial charge in [0.05, 0.1) is 5.69 Å². The molecule has 3 rings (SSSR count). The number of amides is 1. The lowest BCUT2D eigenvalue weighted by Gasteiger charge is -2.15. The second-order valence-corrected chi connectivity index (χ2v) is 6.39. The minimum Gasteiger partial charge on any atom is -0.327 e. The number of anilines is 1. The van der Waals surface area contributed by atoms with Crippen molar-refractivity contribution >= 4 is 22.4 Å². The molecule has 1 aliphatic rings. The molecule has 0 bridgehead atoms. The second-order valence-electron chi connectivity index (χ2n) is 5.31. The van der Waals surface area contributed by atoms with Crippen LogP contribution in [0.5, 0.6) is 0 Å². The van der Waals surface area contributed by atoms with Crippen LogP contribution in [0.4, 0.5) is 9.52 Å². The van der Waals surface area contributed by atoms with Crippen molar-refractivity contribution in [3.63, 3.8) is 0 Å². The Hall–Kier alpha value is -1.79. The molecule has 0 saturated heterocycles. The number of nitrogens with one attached hydrogen (secondary N) is 1. The van der Waals surface area contributed by atoms with Crippen LogP contribution in [-0.4, -0.2) is 16.9 Å². The van der Waals surface area contributed by atoms with E-state index in [-0.39, 0.29) is 17.8 Å². The first-order valence-corrected chi connectivity index (χ1v) is 7.66. The monoisotopic (exact) mass is 305 g/mol. The number of rotatable bonds is 2. The molecular formula is C15H16FN3OS. The first-order chi connectivity index (χ1) is 10.0. The number of hydrogen-bond acceptors (Lipinski definition) is 4. The summed E-state index contributed by atoms with van der Waals surface area (Å²) in [7, 11) is 0. The molecule has 6 heteroatoms. The predicted molar refractivity (Wildman–Crippen MR) is 81.2 cm³/mol. The Kier molecular flexibility index (Phi) is 3.73. The zero-order valence-electron chi connectivity index (χ0n) is 11.6. The molecule has 1 aromatic heterocycles. The van der Waals surface area contributed by atoms with Gasteiger partial charge in [-0.2, -0.15) is 0 Å². The van der Waals surface area contributed by atoms with Gasteiger partial charge in [-0.25, -0.2) is 9.37 Å². The molecule has 1 aliphatic carbocycles. The fourth-order valence-corrected chi connectivity index (χ4v) is 3.45. The van der Waals surface area contributed by atoms with Gasteiger partial charge in [0.15, 0.2) is 5.13 Å². The van der Waals surface area contributed by atoms with Gasteiger partial charge in [-0.3, -0.25) is 10.1 Å². The Bertz CT molecular complexity index is 698. The van der Waals surface area contributed by atoms with Crippen LogP contribution in [0.25, 0.3) is 0 Å². The lowest BCUT2D eigenvalue weighted by Crippen LogP contribution is -2.27. The number of benzene rings is 1. The summed E-state index contributed by atoms with van der Waals surface area (Å²) in [5.74, 6) is -0.726. The van der Waals surface area contributed by atoms with E-state index >= 15 is 0 Å². The molecule has 2 aromatic rings. The van der Waals surface area contributed by atoms with Crippen molar-refractivity contribution in [3.8, 4) is 0 Å². The van der Waals surface area contributed by atoms with Crippen LogP contribution >= 0.6 is 11.3 Å². The molecule has 4 nitrogen and oxygen atoms in total. The van der Waals surface area contributed by atoms with Crippen molar-refractivity contribution in [3.05, 3.63) is 45.7 Å². The highest BCUT2D eigenvalue weighted by Crippen LogP contribution is 2.29. The summed E-state index contributed by atoms with van der Waals surface area (Å²) in [6.45, 7) is 1.66. The van der Waals surface area contributed by atoms with Crippen molar-refractivity contribution in [2.75, 3.05) is 5.32 Å². The molecular weight excluding hydrogens is 289 g/mol. The number of nitrogens with zero attached hydrogens (tertiary/aromatic N) is 1. The van der Waals surface area contributed by atoms with Crippen molar-refractivity contribution in [1.82, 2.24) is 4.98 Å². The van der Waals surface area contributed by atoms with E-state index in [0.29, 0.717) is 16.3 Å². The van der Waals surface area contributed by atoms with E-state index < -0.39 is 0 Å². The predicted octanol–water partition coefficient (Wildman–Crippen LogP) is 2.66. The molecule has 0 aliphatic heterocycles. The number of nitrogens with two attached hydrogens (primary N) is 1. The molecule has 0 radical (unpaired) electrons. The van der Waals surface area contributed by atoms with Crippen LogP contribution in [0.1, 0.15) is 32.9 Å². The van der Waals surface area contributed by atoms with Gasteiger partial charge in [0.25, 0.3) is 5.91 Å². The fraction of sp³-hybridized carbons (Fsp3) is 0.333. The summed E-state index contributed by atoms with van der Waals surface area (Å²) in [4.78, 5) is 17.7. The number of carbonyl (C=O) groups excluding carboxylic acids is 1. The van der Waals surface area contributed by atoms with E-state index in [4.69, 9.17) is 5.73 Å². The van der Waals surface area contributed by atoms with Crippen LogP contribution in [0.3, 0.4) is 0 Å². The third kappa shape index (κ3) is 2.96. The van der Waals surface area contributed by atoms with Gasteiger partial charge >= 0.3 is 0 Å². The summed E-state index contributed by atoms with van der Waals surface area (Å²) in [5, 5.41) is 3.29. The highest BCUT2D eigenvalue weighted by atomic mass is 32.1. The molecule has 110 valence electrons. The van der Waals surface area contributed by atoms with Gasteiger partial charge in [0.2, 0.25) is 0 Å². The van der Waals surface area contributed by atoms with Crippen LogP contribution in [-0.2, 0) is 12.8 Å². The Balaban J connectivity index is 1.77. The number of aryl methyl sites for hydroxylation is 2. The van der Waals surface area contributed by atoms with Crippen molar-refractivity contribution < 1.29 is 9.18 Å². The zero-order chi connectivity index (χ0) is 15.0. The van der Waals surface area contributed by atoms with E-state index in [1.807, 2.05) is 0 Å². The van der Waals surface area contributed by atoms with Crippen LogP contribution < -0.4 is 11.1 Å². The summed E-state index contributed by atoms with van der Waals surface area (Å²) in [5.41, 5.74) is 7.77. The maximum atomic E-state index is 13.5. The molecule has 1 amide bonds. The van der Waals surface area contributed by atoms with E-state index in [2.05, 4.69) is 10.3 Å². The molecule has 21 heavy (non-hydrogen) atoms. The summed E-state index contributed by atoms with van der Waals surface area (Å²) in [6.07, 6.45) is 2.58. The largest absolute Gasteiger partial charge is 0.327 e. The average Bonchev–Trinajstić information content (AvgIpc) is 2.83. The number of halogens is 1. The Morgan fingerprint density at radius 1 is 1.52 bits per heavy atom. The normalized spacial score (nSPS) is 17.4. The third-order valence-electron chi connectivity index (χ3n) is 3.63. The van der Waals surface area contributed by atoms with Crippen LogP contribution in [0.2, 0.25) is 0 Å². The smallest absolute Gasteiger partial charge is 0.257 e. The van der Waals surface area contributed by atoms with Gasteiger partial charge in [-0.1, -0.05) is 6.07 Å². The average molecular weight is 305 g/mol. The van der Waals surface area contributed by atoms with E-state index in [0.717, 1.165) is 29.8 Å². The van der Waals surface area contributed by atoms with Crippen LogP contribution in [0.15, 0.2) is 18.2 Å². The summed E-state index contributed by atoms with van der Waals surface area (Å²) < 4.78 is 13.5. The van der Waals surface area contributed by atoms with Gasteiger partial charge in [-0.15, -0.1) is 11.3 Å².